The summed E-state index contributed by atoms with van der Waals surface area (Å²) in [5, 5.41) is 10.9. The third-order valence-electron chi connectivity index (χ3n) is 4.34. The number of nitrogens with zero attached hydrogens (tertiary/aromatic N) is 2. The highest BCUT2D eigenvalue weighted by Gasteiger charge is 2.14. The number of hydrogen-bond acceptors (Lipinski definition) is 3. The first kappa shape index (κ1) is 20.7. The quantitative estimate of drug-likeness (QED) is 0.740. The fourth-order valence-corrected chi connectivity index (χ4v) is 2.99. The lowest BCUT2D eigenvalue weighted by Gasteiger charge is -2.14. The summed E-state index contributed by atoms with van der Waals surface area (Å²) in [5.41, 5.74) is 4.80. The van der Waals surface area contributed by atoms with E-state index >= 15 is 0 Å². The molecule has 0 unspecified atom stereocenters. The van der Waals surface area contributed by atoms with Crippen LogP contribution in [-0.4, -0.2) is 35.3 Å². The van der Waals surface area contributed by atoms with Gasteiger partial charge in [-0.1, -0.05) is 25.5 Å². The van der Waals surface area contributed by atoms with E-state index in [9.17, 15) is 4.79 Å². The van der Waals surface area contributed by atoms with E-state index in [-0.39, 0.29) is 18.3 Å². The van der Waals surface area contributed by atoms with Crippen LogP contribution in [-0.2, 0) is 17.8 Å². The molecule has 0 aromatic carbocycles. The fraction of sp³-hybridized carbons (Fsp3) is 0.667. The molecule has 0 spiro atoms. The normalized spacial score (nSPS) is 14.3. The highest BCUT2D eigenvalue weighted by molar-refractivity contribution is 5.85. The molecule has 1 aromatic rings. The van der Waals surface area contributed by atoms with E-state index in [0.29, 0.717) is 18.9 Å². The zero-order chi connectivity index (χ0) is 16.8. The van der Waals surface area contributed by atoms with Crippen molar-refractivity contribution in [2.24, 2.45) is 5.92 Å². The third-order valence-corrected chi connectivity index (χ3v) is 4.34. The Morgan fingerprint density at radius 3 is 2.79 bits per heavy atom. The lowest BCUT2D eigenvalue weighted by atomic mass is 10.1. The molecule has 0 saturated carbocycles. The van der Waals surface area contributed by atoms with E-state index in [2.05, 4.69) is 47.3 Å². The molecule has 0 saturated heterocycles. The van der Waals surface area contributed by atoms with Crippen molar-refractivity contribution >= 4 is 18.3 Å². The van der Waals surface area contributed by atoms with Crippen LogP contribution in [0.15, 0.2) is 11.6 Å². The Balaban J connectivity index is 0.00000288. The van der Waals surface area contributed by atoms with Crippen LogP contribution < -0.4 is 10.6 Å². The Hall–Kier alpha value is -1.33. The van der Waals surface area contributed by atoms with Gasteiger partial charge in [0.15, 0.2) is 0 Å². The maximum Gasteiger partial charge on any atom is 0.220 e. The van der Waals surface area contributed by atoms with Gasteiger partial charge in [0.05, 0.1) is 5.69 Å². The first-order valence-electron chi connectivity index (χ1n) is 8.65. The van der Waals surface area contributed by atoms with Gasteiger partial charge in [0.1, 0.15) is 0 Å². The Kier molecular flexibility index (Phi) is 8.50. The zero-order valence-electron chi connectivity index (χ0n) is 15.3. The first-order valence-corrected chi connectivity index (χ1v) is 8.65. The van der Waals surface area contributed by atoms with Crippen molar-refractivity contribution in [1.29, 1.82) is 0 Å². The molecule has 1 aliphatic rings. The topological polar surface area (TPSA) is 59.0 Å². The highest BCUT2D eigenvalue weighted by atomic mass is 35.5. The fourth-order valence-electron chi connectivity index (χ4n) is 2.99. The van der Waals surface area contributed by atoms with Crippen LogP contribution in [0.2, 0.25) is 0 Å². The summed E-state index contributed by atoms with van der Waals surface area (Å²) in [6.45, 7) is 12.1. The van der Waals surface area contributed by atoms with Crippen molar-refractivity contribution in [3.8, 4) is 0 Å². The Morgan fingerprint density at radius 2 is 2.17 bits per heavy atom. The SMILES string of the molecule is Cc1nn(CC(C)C)c(C)c1CCC(=O)NCC1=CCNCC1.Cl. The molecule has 2 N–H and O–H groups in total. The summed E-state index contributed by atoms with van der Waals surface area (Å²) in [7, 11) is 0. The monoisotopic (exact) mass is 354 g/mol. The molecule has 5 nitrogen and oxygen atoms in total. The molecule has 1 amide bonds. The van der Waals surface area contributed by atoms with Gasteiger partial charge in [-0.05, 0) is 44.7 Å². The summed E-state index contributed by atoms with van der Waals surface area (Å²) in [6.07, 6.45) is 4.50. The van der Waals surface area contributed by atoms with Gasteiger partial charge in [-0.2, -0.15) is 5.10 Å². The lowest BCUT2D eigenvalue weighted by Crippen LogP contribution is -2.29. The van der Waals surface area contributed by atoms with Crippen LogP contribution >= 0.6 is 12.4 Å². The number of hydrogen-bond donors (Lipinski definition) is 2. The predicted octanol–water partition coefficient (Wildman–Crippen LogP) is 2.55. The molecule has 0 atom stereocenters. The van der Waals surface area contributed by atoms with Gasteiger partial charge >= 0.3 is 0 Å². The average Bonchev–Trinajstić information content (AvgIpc) is 2.77. The molecule has 24 heavy (non-hydrogen) atoms. The van der Waals surface area contributed by atoms with Crippen molar-refractivity contribution in [2.45, 2.75) is 53.5 Å². The number of halogens is 1. The molecule has 0 bridgehead atoms. The summed E-state index contributed by atoms with van der Waals surface area (Å²) < 4.78 is 2.08. The van der Waals surface area contributed by atoms with Gasteiger partial charge in [0.2, 0.25) is 5.91 Å². The van der Waals surface area contributed by atoms with Gasteiger partial charge in [0.25, 0.3) is 0 Å². The molecule has 0 aliphatic carbocycles. The Morgan fingerprint density at radius 1 is 1.42 bits per heavy atom. The second kappa shape index (κ2) is 9.84. The van der Waals surface area contributed by atoms with E-state index in [1.54, 1.807) is 0 Å². The number of carbonyl (C=O) groups excluding carboxylic acids is 1. The number of aromatic nitrogens is 2. The summed E-state index contributed by atoms with van der Waals surface area (Å²) in [4.78, 5) is 12.1. The van der Waals surface area contributed by atoms with Crippen molar-refractivity contribution in [3.63, 3.8) is 0 Å². The van der Waals surface area contributed by atoms with Crippen LogP contribution in [0.5, 0.6) is 0 Å². The van der Waals surface area contributed by atoms with Gasteiger partial charge in [-0.3, -0.25) is 9.48 Å². The van der Waals surface area contributed by atoms with Crippen LogP contribution in [0.3, 0.4) is 0 Å². The van der Waals surface area contributed by atoms with Crippen LogP contribution in [0.1, 0.15) is 43.6 Å². The van der Waals surface area contributed by atoms with E-state index in [1.807, 2.05) is 6.92 Å². The molecule has 2 rings (SSSR count). The van der Waals surface area contributed by atoms with Gasteiger partial charge in [0, 0.05) is 31.7 Å². The molecule has 0 fully saturated rings. The van der Waals surface area contributed by atoms with E-state index in [0.717, 1.165) is 38.2 Å². The predicted molar refractivity (Wildman–Crippen MR) is 101 cm³/mol. The zero-order valence-corrected chi connectivity index (χ0v) is 16.1. The number of aryl methyl sites for hydroxylation is 1. The van der Waals surface area contributed by atoms with Crippen molar-refractivity contribution < 1.29 is 4.79 Å². The van der Waals surface area contributed by atoms with Crippen LogP contribution in [0.4, 0.5) is 0 Å². The second-order valence-corrected chi connectivity index (χ2v) is 6.82. The van der Waals surface area contributed by atoms with Gasteiger partial charge in [-0.25, -0.2) is 0 Å². The molecular weight excluding hydrogens is 324 g/mol. The minimum atomic E-state index is 0. The summed E-state index contributed by atoms with van der Waals surface area (Å²) in [6, 6.07) is 0. The van der Waals surface area contributed by atoms with Gasteiger partial charge < -0.3 is 10.6 Å². The van der Waals surface area contributed by atoms with E-state index in [4.69, 9.17) is 0 Å². The first-order chi connectivity index (χ1) is 11.0. The largest absolute Gasteiger partial charge is 0.352 e. The van der Waals surface area contributed by atoms with Crippen molar-refractivity contribution in [1.82, 2.24) is 20.4 Å². The van der Waals surface area contributed by atoms with E-state index in [1.165, 1.54) is 16.8 Å². The second-order valence-electron chi connectivity index (χ2n) is 6.82. The smallest absolute Gasteiger partial charge is 0.220 e. The molecule has 1 aliphatic heterocycles. The highest BCUT2D eigenvalue weighted by Crippen LogP contribution is 2.16. The number of carbonyl (C=O) groups is 1. The van der Waals surface area contributed by atoms with Crippen molar-refractivity contribution in [3.05, 3.63) is 28.6 Å². The van der Waals surface area contributed by atoms with Gasteiger partial charge in [-0.15, -0.1) is 12.4 Å². The molecule has 0 radical (unpaired) electrons. The number of rotatable bonds is 7. The Bertz CT molecular complexity index is 578. The van der Waals surface area contributed by atoms with Crippen LogP contribution in [0.25, 0.3) is 0 Å². The van der Waals surface area contributed by atoms with Crippen molar-refractivity contribution in [2.75, 3.05) is 19.6 Å². The number of amides is 1. The summed E-state index contributed by atoms with van der Waals surface area (Å²) >= 11 is 0. The molecule has 1 aromatic heterocycles. The third kappa shape index (κ3) is 5.95. The lowest BCUT2D eigenvalue weighted by molar-refractivity contribution is -0.120. The minimum absolute atomic E-state index is 0. The summed E-state index contributed by atoms with van der Waals surface area (Å²) in [5.74, 6) is 0.697. The number of nitrogens with one attached hydrogen (secondary N) is 2. The maximum atomic E-state index is 12.1. The van der Waals surface area contributed by atoms with Crippen LogP contribution in [0, 0.1) is 19.8 Å². The molecule has 136 valence electrons. The van der Waals surface area contributed by atoms with E-state index < -0.39 is 0 Å². The maximum absolute atomic E-state index is 12.1. The minimum Gasteiger partial charge on any atom is -0.352 e. The Labute approximate surface area is 151 Å². The molecular formula is C18H31ClN4O. The standard InChI is InChI=1S/C18H30N4O.ClH/c1-13(2)12-22-15(4)17(14(3)21-22)5-6-18(23)20-11-16-7-9-19-10-8-16;/h7,13,19H,5-6,8-12H2,1-4H3,(H,20,23);1H. The average molecular weight is 355 g/mol. The molecule has 6 heteroatoms. The molecule has 2 heterocycles.